The molecule has 1 unspecified atom stereocenters. The number of hydrogen-bond acceptors (Lipinski definition) is 4. The van der Waals surface area contributed by atoms with Gasteiger partial charge in [-0.1, -0.05) is 0 Å². The summed E-state index contributed by atoms with van der Waals surface area (Å²) in [6, 6.07) is 1.94. The molecule has 0 saturated carbocycles. The highest BCUT2D eigenvalue weighted by atomic mass is 16.5. The third-order valence-corrected chi connectivity index (χ3v) is 4.25. The fourth-order valence-electron chi connectivity index (χ4n) is 3.14. The van der Waals surface area contributed by atoms with E-state index in [2.05, 4.69) is 10.00 Å². The highest BCUT2D eigenvalue weighted by molar-refractivity contribution is 5.77. The van der Waals surface area contributed by atoms with Crippen molar-refractivity contribution in [2.24, 2.45) is 0 Å². The number of hydrogen-bond donors (Lipinski definition) is 0. The topological polar surface area (TPSA) is 50.6 Å². The van der Waals surface area contributed by atoms with Crippen molar-refractivity contribution < 1.29 is 9.53 Å². The Morgan fingerprint density at radius 1 is 1.33 bits per heavy atom. The molecule has 2 aliphatic heterocycles. The summed E-state index contributed by atoms with van der Waals surface area (Å²) in [5.41, 5.74) is 0. The predicted octanol–water partition coefficient (Wildman–Crippen LogP) is 0.596. The molecule has 0 spiro atoms. The summed E-state index contributed by atoms with van der Waals surface area (Å²) >= 11 is 0. The summed E-state index contributed by atoms with van der Waals surface area (Å²) in [4.78, 5) is 16.0. The highest BCUT2D eigenvalue weighted by Crippen LogP contribution is 2.11. The van der Waals surface area contributed by atoms with Crippen molar-refractivity contribution >= 4 is 5.91 Å². The lowest BCUT2D eigenvalue weighted by Crippen LogP contribution is -2.45. The maximum atomic E-state index is 11.6. The second-order valence-corrected chi connectivity index (χ2v) is 5.86. The molecule has 0 N–H and O–H groups in total. The Balaban J connectivity index is 1.38. The van der Waals surface area contributed by atoms with Gasteiger partial charge in [0.05, 0.1) is 19.3 Å². The van der Waals surface area contributed by atoms with Crippen molar-refractivity contribution in [1.29, 1.82) is 0 Å². The number of likely N-dealkylation sites (tertiary alicyclic amines) is 1. The van der Waals surface area contributed by atoms with Crippen molar-refractivity contribution in [3.8, 4) is 0 Å². The van der Waals surface area contributed by atoms with Gasteiger partial charge in [-0.25, -0.2) is 0 Å². The average molecular weight is 292 g/mol. The van der Waals surface area contributed by atoms with Crippen LogP contribution in [0.4, 0.5) is 0 Å². The van der Waals surface area contributed by atoms with Gasteiger partial charge in [0.25, 0.3) is 0 Å². The van der Waals surface area contributed by atoms with Crippen molar-refractivity contribution in [2.75, 3.05) is 39.3 Å². The highest BCUT2D eigenvalue weighted by Gasteiger charge is 2.22. The Morgan fingerprint density at radius 3 is 3.05 bits per heavy atom. The van der Waals surface area contributed by atoms with Crippen molar-refractivity contribution in [2.45, 2.75) is 31.9 Å². The molecule has 21 heavy (non-hydrogen) atoms. The maximum Gasteiger partial charge on any atom is 0.222 e. The molecule has 3 rings (SSSR count). The Kier molecular flexibility index (Phi) is 4.87. The molecule has 1 amide bonds. The van der Waals surface area contributed by atoms with Gasteiger partial charge >= 0.3 is 0 Å². The number of aromatic nitrogens is 2. The van der Waals surface area contributed by atoms with E-state index in [1.807, 2.05) is 21.8 Å². The van der Waals surface area contributed by atoms with Crippen LogP contribution in [-0.4, -0.2) is 70.9 Å². The van der Waals surface area contributed by atoms with Crippen LogP contribution in [-0.2, 0) is 16.1 Å². The lowest BCUT2D eigenvalue weighted by molar-refractivity contribution is -0.127. The maximum absolute atomic E-state index is 11.6. The molecule has 2 saturated heterocycles. The molecule has 0 radical (unpaired) electrons. The molecule has 6 nitrogen and oxygen atoms in total. The lowest BCUT2D eigenvalue weighted by Gasteiger charge is -2.33. The first-order valence-corrected chi connectivity index (χ1v) is 7.90. The van der Waals surface area contributed by atoms with Crippen LogP contribution >= 0.6 is 0 Å². The van der Waals surface area contributed by atoms with Gasteiger partial charge in [0, 0.05) is 51.5 Å². The first-order valence-electron chi connectivity index (χ1n) is 7.90. The number of ether oxygens (including phenoxy) is 1. The second kappa shape index (κ2) is 7.04. The number of amides is 1. The van der Waals surface area contributed by atoms with Crippen LogP contribution in [0.1, 0.15) is 19.3 Å². The Morgan fingerprint density at radius 2 is 2.29 bits per heavy atom. The number of morpholine rings is 1. The van der Waals surface area contributed by atoms with Gasteiger partial charge in [-0.05, 0) is 18.9 Å². The summed E-state index contributed by atoms with van der Waals surface area (Å²) in [6.07, 6.45) is 6.81. The quantitative estimate of drug-likeness (QED) is 0.770. The molecule has 116 valence electrons. The van der Waals surface area contributed by atoms with E-state index in [0.717, 1.165) is 65.1 Å². The fourth-order valence-corrected chi connectivity index (χ4v) is 3.14. The molecular weight excluding hydrogens is 268 g/mol. The van der Waals surface area contributed by atoms with E-state index >= 15 is 0 Å². The van der Waals surface area contributed by atoms with Crippen LogP contribution in [0.5, 0.6) is 0 Å². The van der Waals surface area contributed by atoms with E-state index in [0.29, 0.717) is 5.91 Å². The van der Waals surface area contributed by atoms with Crippen LogP contribution in [0.2, 0.25) is 0 Å². The normalized spacial score (nSPS) is 23.9. The smallest absolute Gasteiger partial charge is 0.222 e. The van der Waals surface area contributed by atoms with Crippen molar-refractivity contribution in [1.82, 2.24) is 19.6 Å². The average Bonchev–Trinajstić information content (AvgIpc) is 3.12. The van der Waals surface area contributed by atoms with Gasteiger partial charge in [0.1, 0.15) is 0 Å². The van der Waals surface area contributed by atoms with Gasteiger partial charge in [-0.2, -0.15) is 5.10 Å². The SMILES string of the molecule is O=C1CCCN1CCCN1CCOC(Cn2cccn2)C1. The standard InChI is InChI=1S/C15H24N4O2/c20-15-4-1-7-18(15)8-3-6-17-10-11-21-14(12-17)13-19-9-2-5-16-19/h2,5,9,14H,1,3-4,6-8,10-13H2. The van der Waals surface area contributed by atoms with Gasteiger partial charge < -0.3 is 9.64 Å². The number of carbonyl (C=O) groups excluding carboxylic acids is 1. The molecule has 0 aromatic carbocycles. The minimum absolute atomic E-state index is 0.215. The third kappa shape index (κ3) is 4.04. The van der Waals surface area contributed by atoms with E-state index in [-0.39, 0.29) is 6.10 Å². The summed E-state index contributed by atoms with van der Waals surface area (Å²) in [5.74, 6) is 0.327. The predicted molar refractivity (Wildman–Crippen MR) is 78.8 cm³/mol. The van der Waals surface area contributed by atoms with Crippen LogP contribution in [0.25, 0.3) is 0 Å². The van der Waals surface area contributed by atoms with Gasteiger partial charge in [-0.15, -0.1) is 0 Å². The zero-order chi connectivity index (χ0) is 14.5. The van der Waals surface area contributed by atoms with Crippen molar-refractivity contribution in [3.63, 3.8) is 0 Å². The summed E-state index contributed by atoms with van der Waals surface area (Å²) in [6.45, 7) is 6.44. The number of carbonyl (C=O) groups is 1. The summed E-state index contributed by atoms with van der Waals surface area (Å²) in [5, 5.41) is 4.23. The van der Waals surface area contributed by atoms with E-state index in [4.69, 9.17) is 4.74 Å². The molecule has 6 heteroatoms. The fraction of sp³-hybridized carbons (Fsp3) is 0.733. The Bertz CT molecular complexity index is 449. The molecule has 2 fully saturated rings. The molecule has 0 bridgehead atoms. The molecule has 2 aliphatic rings. The molecule has 1 atom stereocenters. The van der Waals surface area contributed by atoms with Crippen LogP contribution in [0.3, 0.4) is 0 Å². The van der Waals surface area contributed by atoms with E-state index in [9.17, 15) is 4.79 Å². The van der Waals surface area contributed by atoms with Crippen LogP contribution in [0.15, 0.2) is 18.5 Å². The molecule has 0 aliphatic carbocycles. The Labute approximate surface area is 125 Å². The lowest BCUT2D eigenvalue weighted by atomic mass is 10.2. The first-order chi connectivity index (χ1) is 10.3. The van der Waals surface area contributed by atoms with E-state index < -0.39 is 0 Å². The minimum atomic E-state index is 0.215. The van der Waals surface area contributed by atoms with E-state index in [1.165, 1.54) is 0 Å². The third-order valence-electron chi connectivity index (χ3n) is 4.25. The van der Waals surface area contributed by atoms with E-state index in [1.54, 1.807) is 6.20 Å². The van der Waals surface area contributed by atoms with Crippen LogP contribution < -0.4 is 0 Å². The summed E-state index contributed by atoms with van der Waals surface area (Å²) < 4.78 is 7.74. The Hall–Kier alpha value is -1.40. The van der Waals surface area contributed by atoms with Gasteiger partial charge in [0.2, 0.25) is 5.91 Å². The van der Waals surface area contributed by atoms with Crippen LogP contribution in [0, 0.1) is 0 Å². The molecule has 1 aromatic rings. The van der Waals surface area contributed by atoms with Gasteiger partial charge in [0.15, 0.2) is 0 Å². The summed E-state index contributed by atoms with van der Waals surface area (Å²) in [7, 11) is 0. The monoisotopic (exact) mass is 292 g/mol. The number of nitrogens with zero attached hydrogens (tertiary/aromatic N) is 4. The number of rotatable bonds is 6. The molecular formula is C15H24N4O2. The zero-order valence-corrected chi connectivity index (χ0v) is 12.5. The zero-order valence-electron chi connectivity index (χ0n) is 12.5. The minimum Gasteiger partial charge on any atom is -0.374 e. The largest absolute Gasteiger partial charge is 0.374 e. The van der Waals surface area contributed by atoms with Gasteiger partial charge in [-0.3, -0.25) is 14.4 Å². The molecule has 1 aromatic heterocycles. The first kappa shape index (κ1) is 14.5. The van der Waals surface area contributed by atoms with Crippen molar-refractivity contribution in [3.05, 3.63) is 18.5 Å². The molecule has 3 heterocycles. The second-order valence-electron chi connectivity index (χ2n) is 5.86.